The molecule has 0 bridgehead atoms. The molecule has 3 aliphatic rings. The van der Waals surface area contributed by atoms with E-state index in [1.807, 2.05) is 37.4 Å². The maximum absolute atomic E-state index is 12.5. The quantitative estimate of drug-likeness (QED) is 0.544. The van der Waals surface area contributed by atoms with Crippen molar-refractivity contribution >= 4 is 11.7 Å². The lowest BCUT2D eigenvalue weighted by molar-refractivity contribution is -0.121. The van der Waals surface area contributed by atoms with Gasteiger partial charge in [-0.1, -0.05) is 30.3 Å². The van der Waals surface area contributed by atoms with Crippen LogP contribution in [0.2, 0.25) is 0 Å². The highest BCUT2D eigenvalue weighted by Crippen LogP contribution is 2.34. The number of rotatable bonds is 8. The summed E-state index contributed by atoms with van der Waals surface area (Å²) >= 11 is 0. The minimum atomic E-state index is 0.0185. The van der Waals surface area contributed by atoms with E-state index >= 15 is 0 Å². The summed E-state index contributed by atoms with van der Waals surface area (Å²) in [5.41, 5.74) is 11.9. The van der Waals surface area contributed by atoms with Crippen molar-refractivity contribution in [2.45, 2.75) is 64.8 Å². The average molecular weight is 475 g/mol. The van der Waals surface area contributed by atoms with Crippen LogP contribution < -0.4 is 20.9 Å². The van der Waals surface area contributed by atoms with E-state index in [4.69, 9.17) is 4.74 Å². The van der Waals surface area contributed by atoms with Gasteiger partial charge in [0.15, 0.2) is 0 Å². The van der Waals surface area contributed by atoms with E-state index in [9.17, 15) is 4.79 Å². The Balaban J connectivity index is 1.12. The molecule has 8 heteroatoms. The molecular formula is C27H34N6O2. The van der Waals surface area contributed by atoms with Crippen molar-refractivity contribution in [2.75, 3.05) is 6.61 Å². The van der Waals surface area contributed by atoms with Crippen LogP contribution in [0.5, 0.6) is 5.75 Å². The molecule has 3 atom stereocenters. The molecule has 2 aromatic rings. The first-order chi connectivity index (χ1) is 17.0. The second-order valence-electron chi connectivity index (χ2n) is 9.40. The van der Waals surface area contributed by atoms with Gasteiger partial charge in [0.05, 0.1) is 18.7 Å². The Labute approximate surface area is 207 Å². The fourth-order valence-electron chi connectivity index (χ4n) is 4.89. The number of amides is 1. The summed E-state index contributed by atoms with van der Waals surface area (Å²) in [6.07, 6.45) is 6.15. The lowest BCUT2D eigenvalue weighted by atomic mass is 9.97. The lowest BCUT2D eigenvalue weighted by Crippen LogP contribution is -2.54. The third kappa shape index (κ3) is 4.98. The standard InChI is InChI=1S/C27H34N6O2/c1-4-35-22-9-6-20(7-10-22)17-28-26(34)12-11-25-29-30-27-24-16-23(31-33(24)14-13-32(25)27)21-8-5-18(2)19(3)15-21/h5-10,13-15,23-24,27,30-31H,4,11-12,16-17H2,1-3H3,(H,28,34). The monoisotopic (exact) mass is 474 g/mol. The van der Waals surface area contributed by atoms with Gasteiger partial charge in [-0.25, -0.2) is 5.43 Å². The number of ether oxygens (including phenoxy) is 1. The third-order valence-electron chi connectivity index (χ3n) is 7.05. The number of hydrazone groups is 1. The number of hydrazine groups is 1. The molecule has 1 amide bonds. The van der Waals surface area contributed by atoms with Gasteiger partial charge in [-0.3, -0.25) is 10.2 Å². The van der Waals surface area contributed by atoms with Crippen LogP contribution in [-0.2, 0) is 11.3 Å². The fourth-order valence-corrected chi connectivity index (χ4v) is 4.89. The van der Waals surface area contributed by atoms with Gasteiger partial charge in [0.1, 0.15) is 17.8 Å². The molecule has 1 fully saturated rings. The highest BCUT2D eigenvalue weighted by atomic mass is 16.5. The summed E-state index contributed by atoms with van der Waals surface area (Å²) < 4.78 is 5.47. The normalized spacial score (nSPS) is 22.4. The van der Waals surface area contributed by atoms with E-state index in [-0.39, 0.29) is 24.2 Å². The van der Waals surface area contributed by atoms with Gasteiger partial charge in [-0.2, -0.15) is 5.10 Å². The Morgan fingerprint density at radius 1 is 1.14 bits per heavy atom. The molecule has 8 nitrogen and oxygen atoms in total. The Hall–Kier alpha value is -3.52. The average Bonchev–Trinajstić information content (AvgIpc) is 3.48. The van der Waals surface area contributed by atoms with Crippen LogP contribution in [0.1, 0.15) is 54.5 Å². The fraction of sp³-hybridized carbons (Fsp3) is 0.407. The zero-order chi connectivity index (χ0) is 24.4. The number of fused-ring (bicyclic) bond motifs is 3. The molecule has 2 aromatic carbocycles. The first-order valence-corrected chi connectivity index (χ1v) is 12.4. The molecule has 35 heavy (non-hydrogen) atoms. The second-order valence-corrected chi connectivity index (χ2v) is 9.40. The molecule has 5 rings (SSSR count). The van der Waals surface area contributed by atoms with Crippen molar-refractivity contribution < 1.29 is 9.53 Å². The predicted molar refractivity (Wildman–Crippen MR) is 136 cm³/mol. The molecule has 3 aliphatic heterocycles. The van der Waals surface area contributed by atoms with E-state index in [2.05, 4.69) is 69.4 Å². The number of hydrogen-bond acceptors (Lipinski definition) is 7. The molecule has 1 saturated heterocycles. The number of nitrogens with one attached hydrogen (secondary N) is 3. The van der Waals surface area contributed by atoms with Gasteiger partial charge >= 0.3 is 0 Å². The van der Waals surface area contributed by atoms with Crippen LogP contribution in [0, 0.1) is 13.8 Å². The van der Waals surface area contributed by atoms with E-state index < -0.39 is 0 Å². The largest absolute Gasteiger partial charge is 0.494 e. The number of carbonyl (C=O) groups excluding carboxylic acids is 1. The topological polar surface area (TPSA) is 81.2 Å². The molecule has 0 aromatic heterocycles. The summed E-state index contributed by atoms with van der Waals surface area (Å²) in [5.74, 6) is 1.76. The van der Waals surface area contributed by atoms with Crippen LogP contribution in [0.4, 0.5) is 0 Å². The summed E-state index contributed by atoms with van der Waals surface area (Å²) in [6, 6.07) is 15.0. The molecule has 3 unspecified atom stereocenters. The first-order valence-electron chi connectivity index (χ1n) is 12.4. The van der Waals surface area contributed by atoms with Crippen molar-refractivity contribution in [2.24, 2.45) is 5.10 Å². The van der Waals surface area contributed by atoms with E-state index in [1.54, 1.807) is 0 Å². The summed E-state index contributed by atoms with van der Waals surface area (Å²) in [5, 5.41) is 9.77. The molecule has 3 N–H and O–H groups in total. The van der Waals surface area contributed by atoms with Crippen LogP contribution in [-0.4, -0.2) is 40.5 Å². The van der Waals surface area contributed by atoms with Crippen LogP contribution in [0.15, 0.2) is 60.0 Å². The zero-order valence-corrected chi connectivity index (χ0v) is 20.6. The number of aryl methyl sites for hydroxylation is 2. The maximum Gasteiger partial charge on any atom is 0.220 e. The number of benzene rings is 2. The maximum atomic E-state index is 12.5. The Morgan fingerprint density at radius 2 is 1.97 bits per heavy atom. The smallest absolute Gasteiger partial charge is 0.220 e. The Morgan fingerprint density at radius 3 is 2.74 bits per heavy atom. The first kappa shape index (κ1) is 23.2. The van der Waals surface area contributed by atoms with Crippen molar-refractivity contribution in [3.05, 3.63) is 77.1 Å². The minimum Gasteiger partial charge on any atom is -0.494 e. The predicted octanol–water partition coefficient (Wildman–Crippen LogP) is 3.45. The van der Waals surface area contributed by atoms with E-state index in [1.165, 1.54) is 16.7 Å². The molecule has 0 radical (unpaired) electrons. The van der Waals surface area contributed by atoms with Gasteiger partial charge in [-0.15, -0.1) is 0 Å². The van der Waals surface area contributed by atoms with Crippen molar-refractivity contribution in [3.8, 4) is 5.75 Å². The molecule has 3 heterocycles. The zero-order valence-electron chi connectivity index (χ0n) is 20.6. The lowest BCUT2D eigenvalue weighted by Gasteiger charge is -2.37. The third-order valence-corrected chi connectivity index (χ3v) is 7.05. The van der Waals surface area contributed by atoms with Crippen LogP contribution in [0.25, 0.3) is 0 Å². The van der Waals surface area contributed by atoms with Gasteiger partial charge in [0.25, 0.3) is 0 Å². The minimum absolute atomic E-state index is 0.0185. The van der Waals surface area contributed by atoms with Gasteiger partial charge in [0, 0.05) is 31.8 Å². The highest BCUT2D eigenvalue weighted by Gasteiger charge is 2.44. The molecule has 0 aliphatic carbocycles. The van der Waals surface area contributed by atoms with Crippen molar-refractivity contribution in [1.29, 1.82) is 0 Å². The van der Waals surface area contributed by atoms with Gasteiger partial charge < -0.3 is 20.0 Å². The summed E-state index contributed by atoms with van der Waals surface area (Å²) in [7, 11) is 0. The SMILES string of the molecule is CCOc1ccc(CNC(=O)CCC2=NNC3C4CC(c5ccc(C)c(C)c5)NN4C=CN23)cc1. The van der Waals surface area contributed by atoms with Crippen molar-refractivity contribution in [1.82, 2.24) is 26.1 Å². The van der Waals surface area contributed by atoms with Gasteiger partial charge in [0.2, 0.25) is 5.91 Å². The van der Waals surface area contributed by atoms with Crippen molar-refractivity contribution in [3.63, 3.8) is 0 Å². The number of carbonyl (C=O) groups is 1. The molecule has 0 saturated carbocycles. The Kier molecular flexibility index (Phi) is 6.63. The highest BCUT2D eigenvalue weighted by molar-refractivity contribution is 5.89. The number of hydrogen-bond donors (Lipinski definition) is 3. The molecule has 0 spiro atoms. The second kappa shape index (κ2) is 10.00. The number of nitrogens with zero attached hydrogens (tertiary/aromatic N) is 3. The molecule has 184 valence electrons. The Bertz CT molecular complexity index is 1130. The summed E-state index contributed by atoms with van der Waals surface area (Å²) in [4.78, 5) is 14.6. The molecular weight excluding hydrogens is 440 g/mol. The van der Waals surface area contributed by atoms with Crippen LogP contribution >= 0.6 is 0 Å². The van der Waals surface area contributed by atoms with Crippen LogP contribution in [0.3, 0.4) is 0 Å². The van der Waals surface area contributed by atoms with Gasteiger partial charge in [-0.05, 0) is 61.6 Å². The van der Waals surface area contributed by atoms with E-state index in [0.29, 0.717) is 26.0 Å². The number of amidine groups is 1. The van der Waals surface area contributed by atoms with E-state index in [0.717, 1.165) is 23.6 Å². The summed E-state index contributed by atoms with van der Waals surface area (Å²) in [6.45, 7) is 7.42.